The van der Waals surface area contributed by atoms with E-state index in [4.69, 9.17) is 9.72 Å². The van der Waals surface area contributed by atoms with Crippen LogP contribution >= 0.6 is 0 Å². The first-order valence-corrected chi connectivity index (χ1v) is 12.2. The van der Waals surface area contributed by atoms with Crippen molar-refractivity contribution in [1.82, 2.24) is 19.6 Å². The van der Waals surface area contributed by atoms with Crippen LogP contribution in [0, 0.1) is 0 Å². The number of nitrogens with one attached hydrogen (secondary N) is 1. The Morgan fingerprint density at radius 2 is 1.97 bits per heavy atom. The Bertz CT molecular complexity index is 1420. The van der Waals surface area contributed by atoms with Gasteiger partial charge in [0.15, 0.2) is 5.65 Å². The summed E-state index contributed by atoms with van der Waals surface area (Å²) in [6.45, 7) is 0.841. The molecular formula is C22H21N5O3S. The molecule has 1 saturated heterocycles. The molecule has 158 valence electrons. The fourth-order valence-electron chi connectivity index (χ4n) is 4.56. The number of hydrogen-bond acceptors (Lipinski definition) is 7. The predicted molar refractivity (Wildman–Crippen MR) is 118 cm³/mol. The number of sulfone groups is 1. The molecule has 1 aromatic carbocycles. The van der Waals surface area contributed by atoms with E-state index in [1.54, 1.807) is 0 Å². The van der Waals surface area contributed by atoms with Crippen LogP contribution in [0.3, 0.4) is 0 Å². The lowest BCUT2D eigenvalue weighted by atomic mass is 9.94. The minimum absolute atomic E-state index is 0.0863. The number of fused-ring (bicyclic) bond motifs is 4. The zero-order chi connectivity index (χ0) is 21.0. The number of anilines is 1. The van der Waals surface area contributed by atoms with Crippen molar-refractivity contribution in [3.63, 3.8) is 0 Å². The number of rotatable bonds is 2. The average Bonchev–Trinajstić information content (AvgIpc) is 3.23. The van der Waals surface area contributed by atoms with Crippen molar-refractivity contribution in [3.05, 3.63) is 54.0 Å². The predicted octanol–water partition coefficient (Wildman–Crippen LogP) is 3.14. The molecule has 8 nitrogen and oxygen atoms in total. The van der Waals surface area contributed by atoms with E-state index >= 15 is 0 Å². The third kappa shape index (κ3) is 3.16. The first-order valence-electron chi connectivity index (χ1n) is 10.4. The summed E-state index contributed by atoms with van der Waals surface area (Å²) in [7, 11) is -2.95. The van der Waals surface area contributed by atoms with Crippen molar-refractivity contribution in [2.45, 2.75) is 25.4 Å². The zero-order valence-corrected chi connectivity index (χ0v) is 17.6. The van der Waals surface area contributed by atoms with Crippen molar-refractivity contribution in [2.75, 3.05) is 23.6 Å². The molecule has 31 heavy (non-hydrogen) atoms. The van der Waals surface area contributed by atoms with E-state index in [2.05, 4.69) is 21.5 Å². The summed E-state index contributed by atoms with van der Waals surface area (Å²) in [5, 5.41) is 8.97. The standard InChI is InChI=1S/C22H21N5O3S/c28-31(29)7-5-14(6-8-31)20-18-12-30-13-24-21(18)27-22(26-20)17(11-25-27)16-9-15-3-1-2-4-19(15)23-10-16/h1-4,9-11,14,24H,5-8,12-13H2. The van der Waals surface area contributed by atoms with Crippen LogP contribution in [0.15, 0.2) is 42.7 Å². The van der Waals surface area contributed by atoms with Crippen LogP contribution in [0.5, 0.6) is 0 Å². The fraction of sp³-hybridized carbons (Fsp3) is 0.318. The molecule has 0 saturated carbocycles. The summed E-state index contributed by atoms with van der Waals surface area (Å²) in [5.74, 6) is 1.37. The summed E-state index contributed by atoms with van der Waals surface area (Å²) in [6, 6.07) is 10.1. The number of aromatic nitrogens is 4. The van der Waals surface area contributed by atoms with Crippen LogP contribution in [-0.2, 0) is 21.2 Å². The zero-order valence-electron chi connectivity index (χ0n) is 16.8. The van der Waals surface area contributed by atoms with E-state index in [0.29, 0.717) is 26.2 Å². The molecule has 4 aromatic rings. The van der Waals surface area contributed by atoms with Crippen LogP contribution < -0.4 is 5.32 Å². The topological polar surface area (TPSA) is 98.5 Å². The molecule has 5 heterocycles. The van der Waals surface area contributed by atoms with Gasteiger partial charge in [-0.1, -0.05) is 18.2 Å². The molecule has 0 aliphatic carbocycles. The summed E-state index contributed by atoms with van der Waals surface area (Å²) >= 11 is 0. The number of nitrogens with zero attached hydrogens (tertiary/aromatic N) is 4. The first-order chi connectivity index (χ1) is 15.1. The lowest BCUT2D eigenvalue weighted by Crippen LogP contribution is -2.26. The van der Waals surface area contributed by atoms with E-state index in [9.17, 15) is 8.42 Å². The van der Waals surface area contributed by atoms with Gasteiger partial charge < -0.3 is 10.1 Å². The summed E-state index contributed by atoms with van der Waals surface area (Å²) in [6.07, 6.45) is 4.84. The summed E-state index contributed by atoms with van der Waals surface area (Å²) < 4.78 is 31.4. The molecule has 1 fully saturated rings. The second-order valence-corrected chi connectivity index (χ2v) is 10.4. The van der Waals surface area contributed by atoms with Gasteiger partial charge >= 0.3 is 0 Å². The van der Waals surface area contributed by atoms with E-state index in [0.717, 1.165) is 44.8 Å². The Hall–Kier alpha value is -3.04. The maximum Gasteiger partial charge on any atom is 0.165 e. The van der Waals surface area contributed by atoms with Gasteiger partial charge in [0.25, 0.3) is 0 Å². The van der Waals surface area contributed by atoms with E-state index in [1.165, 1.54) is 0 Å². The Kier molecular flexibility index (Phi) is 4.22. The Morgan fingerprint density at radius 1 is 1.13 bits per heavy atom. The van der Waals surface area contributed by atoms with Crippen LogP contribution in [0.2, 0.25) is 0 Å². The van der Waals surface area contributed by atoms with E-state index in [1.807, 2.05) is 41.2 Å². The van der Waals surface area contributed by atoms with Gasteiger partial charge in [-0.25, -0.2) is 13.4 Å². The monoisotopic (exact) mass is 435 g/mol. The molecule has 0 radical (unpaired) electrons. The molecular weight excluding hydrogens is 414 g/mol. The second-order valence-electron chi connectivity index (χ2n) is 8.13. The normalized spacial score (nSPS) is 18.7. The molecule has 0 spiro atoms. The molecule has 0 amide bonds. The highest BCUT2D eigenvalue weighted by Crippen LogP contribution is 2.37. The maximum absolute atomic E-state index is 12.0. The van der Waals surface area contributed by atoms with E-state index in [-0.39, 0.29) is 17.4 Å². The minimum Gasteiger partial charge on any atom is -0.356 e. The third-order valence-electron chi connectivity index (χ3n) is 6.21. The van der Waals surface area contributed by atoms with Crippen molar-refractivity contribution in [2.24, 2.45) is 0 Å². The highest BCUT2D eigenvalue weighted by molar-refractivity contribution is 7.91. The Labute approximate surface area is 179 Å². The highest BCUT2D eigenvalue weighted by atomic mass is 32.2. The smallest absolute Gasteiger partial charge is 0.165 e. The van der Waals surface area contributed by atoms with Gasteiger partial charge in [-0.15, -0.1) is 0 Å². The van der Waals surface area contributed by atoms with Crippen molar-refractivity contribution < 1.29 is 13.2 Å². The van der Waals surface area contributed by atoms with Gasteiger partial charge in [0.05, 0.1) is 35.5 Å². The quantitative estimate of drug-likeness (QED) is 0.516. The van der Waals surface area contributed by atoms with Gasteiger partial charge in [-0.2, -0.15) is 9.61 Å². The molecule has 1 N–H and O–H groups in total. The number of pyridine rings is 1. The van der Waals surface area contributed by atoms with Crippen LogP contribution in [0.1, 0.15) is 30.0 Å². The molecule has 0 bridgehead atoms. The molecule has 6 rings (SSSR count). The van der Waals surface area contributed by atoms with Crippen LogP contribution in [0.25, 0.3) is 27.7 Å². The van der Waals surface area contributed by atoms with E-state index < -0.39 is 9.84 Å². The molecule has 2 aliphatic rings. The maximum atomic E-state index is 12.0. The molecule has 2 aliphatic heterocycles. The SMILES string of the molecule is O=S1(=O)CCC(c2nc3c(-c4cnc5ccccc5c4)cnn3c3c2COCN3)CC1. The van der Waals surface area contributed by atoms with Crippen molar-refractivity contribution in [1.29, 1.82) is 0 Å². The van der Waals surface area contributed by atoms with Gasteiger partial charge in [0, 0.05) is 34.2 Å². The lowest BCUT2D eigenvalue weighted by molar-refractivity contribution is 0.128. The number of hydrogen-bond donors (Lipinski definition) is 1. The second kappa shape index (κ2) is 7.00. The van der Waals surface area contributed by atoms with Crippen LogP contribution in [-0.4, -0.2) is 46.2 Å². The Morgan fingerprint density at radius 3 is 2.84 bits per heavy atom. The average molecular weight is 436 g/mol. The fourth-order valence-corrected chi connectivity index (χ4v) is 6.05. The molecule has 3 aromatic heterocycles. The Balaban J connectivity index is 1.52. The number of benzene rings is 1. The van der Waals surface area contributed by atoms with Crippen molar-refractivity contribution >= 4 is 32.2 Å². The van der Waals surface area contributed by atoms with Crippen LogP contribution in [0.4, 0.5) is 5.82 Å². The molecule has 9 heteroatoms. The number of ether oxygens (including phenoxy) is 1. The summed E-state index contributed by atoms with van der Waals surface area (Å²) in [5.41, 5.74) is 5.42. The van der Waals surface area contributed by atoms with Gasteiger partial charge in [0.1, 0.15) is 22.4 Å². The lowest BCUT2D eigenvalue weighted by Gasteiger charge is -2.27. The largest absolute Gasteiger partial charge is 0.356 e. The number of para-hydroxylation sites is 1. The van der Waals surface area contributed by atoms with Gasteiger partial charge in [-0.05, 0) is 25.0 Å². The third-order valence-corrected chi connectivity index (χ3v) is 7.92. The molecule has 0 unspecified atom stereocenters. The summed E-state index contributed by atoms with van der Waals surface area (Å²) in [4.78, 5) is 9.63. The highest BCUT2D eigenvalue weighted by Gasteiger charge is 2.31. The van der Waals surface area contributed by atoms with Gasteiger partial charge in [-0.3, -0.25) is 4.98 Å². The molecule has 0 atom stereocenters. The van der Waals surface area contributed by atoms with Gasteiger partial charge in [0.2, 0.25) is 0 Å². The minimum atomic E-state index is -2.95. The first kappa shape index (κ1) is 18.7. The van der Waals surface area contributed by atoms with Crippen molar-refractivity contribution in [3.8, 4) is 11.1 Å².